The summed E-state index contributed by atoms with van der Waals surface area (Å²) in [6.45, 7) is 10.7. The lowest BCUT2D eigenvalue weighted by Gasteiger charge is -2.62. The van der Waals surface area contributed by atoms with E-state index in [4.69, 9.17) is 11.6 Å². The minimum atomic E-state index is -0.233. The molecular formula is C41H57ClN2O3. The molecule has 1 amide bonds. The van der Waals surface area contributed by atoms with Crippen LogP contribution in [0.25, 0.3) is 0 Å². The monoisotopic (exact) mass is 660 g/mol. The Hall–Kier alpha value is -1.92. The summed E-state index contributed by atoms with van der Waals surface area (Å²) >= 11 is 6.23. The molecule has 1 saturated heterocycles. The number of aliphatic hydroxyl groups excluding tert-OH is 2. The molecule has 5 nitrogen and oxygen atoms in total. The van der Waals surface area contributed by atoms with Crippen LogP contribution in [0, 0.1) is 46.3 Å². The van der Waals surface area contributed by atoms with Crippen LogP contribution in [0.1, 0.15) is 102 Å². The molecule has 2 aromatic carbocycles. The Balaban J connectivity index is 0.953. The van der Waals surface area contributed by atoms with E-state index in [1.165, 1.54) is 36.8 Å². The molecule has 1 unspecified atom stereocenters. The maximum Gasteiger partial charge on any atom is 0.222 e. The summed E-state index contributed by atoms with van der Waals surface area (Å²) in [5.41, 5.74) is 3.02. The van der Waals surface area contributed by atoms with Crippen LogP contribution < -0.4 is 0 Å². The minimum absolute atomic E-state index is 0.151. The van der Waals surface area contributed by atoms with E-state index in [1.807, 2.05) is 12.1 Å². The molecule has 11 atom stereocenters. The molecule has 7 rings (SSSR count). The number of nitrogens with zero attached hydrogens (tertiary/aromatic N) is 2. The third-order valence-corrected chi connectivity index (χ3v) is 14.8. The number of aliphatic hydroxyl groups is 2. The van der Waals surface area contributed by atoms with Crippen molar-refractivity contribution in [3.8, 4) is 0 Å². The molecule has 5 aliphatic rings. The summed E-state index contributed by atoms with van der Waals surface area (Å²) in [5, 5.41) is 22.8. The van der Waals surface area contributed by atoms with Gasteiger partial charge in [-0.3, -0.25) is 9.69 Å². The molecule has 1 aliphatic heterocycles. The van der Waals surface area contributed by atoms with Gasteiger partial charge in [0, 0.05) is 37.6 Å². The first-order valence-corrected chi connectivity index (χ1v) is 19.1. The highest BCUT2D eigenvalue weighted by Crippen LogP contribution is 2.68. The van der Waals surface area contributed by atoms with E-state index in [2.05, 4.69) is 73.0 Å². The Morgan fingerprint density at radius 2 is 1.51 bits per heavy atom. The highest BCUT2D eigenvalue weighted by Gasteiger charge is 2.62. The van der Waals surface area contributed by atoms with E-state index in [0.717, 1.165) is 63.3 Å². The van der Waals surface area contributed by atoms with Crippen molar-refractivity contribution in [2.24, 2.45) is 46.3 Å². The maximum absolute atomic E-state index is 13.6. The molecule has 1 heterocycles. The third-order valence-electron chi connectivity index (χ3n) is 14.6. The van der Waals surface area contributed by atoms with Crippen molar-refractivity contribution >= 4 is 17.5 Å². The fourth-order valence-electron chi connectivity index (χ4n) is 12.0. The molecule has 0 spiro atoms. The Labute approximate surface area is 288 Å². The number of piperazine rings is 1. The number of carbonyl (C=O) groups is 1. The quantitative estimate of drug-likeness (QED) is 0.316. The van der Waals surface area contributed by atoms with Gasteiger partial charge in [0.2, 0.25) is 5.91 Å². The summed E-state index contributed by atoms with van der Waals surface area (Å²) < 4.78 is 0. The number of amides is 1. The predicted molar refractivity (Wildman–Crippen MR) is 189 cm³/mol. The summed E-state index contributed by atoms with van der Waals surface area (Å²) in [5.74, 6) is 3.45. The van der Waals surface area contributed by atoms with E-state index in [0.29, 0.717) is 47.8 Å². The number of hydrogen-bond donors (Lipinski definition) is 2. The van der Waals surface area contributed by atoms with Gasteiger partial charge >= 0.3 is 0 Å². The number of carbonyl (C=O) groups excluding carboxylic acids is 1. The van der Waals surface area contributed by atoms with Crippen LogP contribution in [0.3, 0.4) is 0 Å². The summed E-state index contributed by atoms with van der Waals surface area (Å²) in [6, 6.07) is 19.0. The van der Waals surface area contributed by atoms with Crippen LogP contribution in [0.15, 0.2) is 54.6 Å². The molecule has 47 heavy (non-hydrogen) atoms. The lowest BCUT2D eigenvalue weighted by molar-refractivity contribution is -0.174. The summed E-state index contributed by atoms with van der Waals surface area (Å²) in [6.07, 6.45) is 9.86. The van der Waals surface area contributed by atoms with Crippen LogP contribution in [-0.2, 0) is 4.79 Å². The number of fused-ring (bicyclic) bond motifs is 5. The predicted octanol–water partition coefficient (Wildman–Crippen LogP) is 7.98. The van der Waals surface area contributed by atoms with Gasteiger partial charge in [0.15, 0.2) is 0 Å². The van der Waals surface area contributed by atoms with Crippen molar-refractivity contribution in [3.63, 3.8) is 0 Å². The van der Waals surface area contributed by atoms with Crippen molar-refractivity contribution < 1.29 is 15.0 Å². The van der Waals surface area contributed by atoms with E-state index in [1.54, 1.807) is 0 Å². The van der Waals surface area contributed by atoms with Gasteiger partial charge in [0.1, 0.15) is 0 Å². The standard InChI is InChI=1S/C41H57ClN2O3/c1-27(33-14-15-34-38-35(18-20-41(33,34)3)40(2)19-17-32(45)25-30(40)26-36(38)46)9-16-37(47)43-21-23-44(24-22-43)39(28-7-5-4-6-8-28)29-10-12-31(42)13-11-29/h4-8,10-13,27,30,32-36,38-39,45-46H,9,14-26H2,1-3H3/t27-,30+,32-,33-,34+,35+,36+,38+,39?,40+,41-/m1/s1. The number of hydrogen-bond acceptors (Lipinski definition) is 4. The molecular weight excluding hydrogens is 604 g/mol. The SMILES string of the molecule is C[C@H](CCC(=O)N1CCN(C(c2ccccc2)c2ccc(Cl)cc2)CC1)[C@H]1CC[C@H]2[C@@H]3[C@@H](O)C[C@@H]4C[C@H](O)CC[C@]4(C)[C@H]3CC[C@]12C. The van der Waals surface area contributed by atoms with Gasteiger partial charge in [-0.15, -0.1) is 0 Å². The first-order chi connectivity index (χ1) is 22.6. The zero-order valence-corrected chi connectivity index (χ0v) is 29.6. The molecule has 6 heteroatoms. The van der Waals surface area contributed by atoms with Gasteiger partial charge in [-0.25, -0.2) is 0 Å². The van der Waals surface area contributed by atoms with E-state index >= 15 is 0 Å². The number of rotatable bonds is 7. The van der Waals surface area contributed by atoms with Crippen molar-refractivity contribution in [2.45, 2.75) is 103 Å². The van der Waals surface area contributed by atoms with E-state index in [9.17, 15) is 15.0 Å². The fourth-order valence-corrected chi connectivity index (χ4v) is 12.1. The zero-order chi connectivity index (χ0) is 32.9. The average Bonchev–Trinajstić information content (AvgIpc) is 3.43. The Bertz CT molecular complexity index is 1380. The number of halogens is 1. The van der Waals surface area contributed by atoms with Crippen molar-refractivity contribution in [1.29, 1.82) is 0 Å². The Kier molecular flexibility index (Phi) is 9.58. The van der Waals surface area contributed by atoms with Crippen LogP contribution in [-0.4, -0.2) is 64.3 Å². The van der Waals surface area contributed by atoms with Crippen molar-refractivity contribution in [1.82, 2.24) is 9.80 Å². The largest absolute Gasteiger partial charge is 0.393 e. The van der Waals surface area contributed by atoms with Gasteiger partial charge in [-0.1, -0.05) is 74.8 Å². The second-order valence-electron chi connectivity index (χ2n) is 16.8. The second kappa shape index (κ2) is 13.4. The van der Waals surface area contributed by atoms with Crippen LogP contribution in [0.2, 0.25) is 5.02 Å². The third kappa shape index (κ3) is 6.21. The summed E-state index contributed by atoms with van der Waals surface area (Å²) in [7, 11) is 0. The fraction of sp³-hybridized carbons (Fsp3) is 0.683. The number of benzene rings is 2. The average molecular weight is 661 g/mol. The molecule has 0 bridgehead atoms. The van der Waals surface area contributed by atoms with Gasteiger partial charge in [0.05, 0.1) is 18.2 Å². The van der Waals surface area contributed by atoms with Crippen molar-refractivity contribution in [3.05, 3.63) is 70.7 Å². The minimum Gasteiger partial charge on any atom is -0.393 e. The van der Waals surface area contributed by atoms with Gasteiger partial charge in [0.25, 0.3) is 0 Å². The second-order valence-corrected chi connectivity index (χ2v) is 17.2. The van der Waals surface area contributed by atoms with E-state index in [-0.39, 0.29) is 29.1 Å². The first-order valence-electron chi connectivity index (χ1n) is 18.8. The highest BCUT2D eigenvalue weighted by atomic mass is 35.5. The van der Waals surface area contributed by atoms with Crippen LogP contribution in [0.4, 0.5) is 0 Å². The van der Waals surface area contributed by atoms with Gasteiger partial charge < -0.3 is 15.1 Å². The Morgan fingerprint density at radius 3 is 2.23 bits per heavy atom. The molecule has 2 N–H and O–H groups in total. The van der Waals surface area contributed by atoms with E-state index < -0.39 is 0 Å². The highest BCUT2D eigenvalue weighted by molar-refractivity contribution is 6.30. The molecule has 256 valence electrons. The van der Waals surface area contributed by atoms with Crippen LogP contribution in [0.5, 0.6) is 0 Å². The lowest BCUT2D eigenvalue weighted by atomic mass is 9.43. The smallest absolute Gasteiger partial charge is 0.222 e. The topological polar surface area (TPSA) is 64.0 Å². The van der Waals surface area contributed by atoms with Crippen LogP contribution >= 0.6 is 11.6 Å². The summed E-state index contributed by atoms with van der Waals surface area (Å²) in [4.78, 5) is 18.2. The molecule has 2 aromatic rings. The maximum atomic E-state index is 13.6. The zero-order valence-electron chi connectivity index (χ0n) is 28.9. The van der Waals surface area contributed by atoms with Crippen molar-refractivity contribution in [2.75, 3.05) is 26.2 Å². The van der Waals surface area contributed by atoms with Gasteiger partial charge in [-0.2, -0.15) is 0 Å². The molecule has 5 fully saturated rings. The molecule has 4 aliphatic carbocycles. The Morgan fingerprint density at radius 1 is 0.851 bits per heavy atom. The lowest BCUT2D eigenvalue weighted by Crippen LogP contribution is -2.58. The van der Waals surface area contributed by atoms with Gasteiger partial charge in [-0.05, 0) is 127 Å². The normalized spacial score (nSPS) is 38.6. The molecule has 4 saturated carbocycles. The molecule has 0 aromatic heterocycles. The molecule has 0 radical (unpaired) electrons. The first kappa shape index (κ1) is 33.6.